The highest BCUT2D eigenvalue weighted by atomic mass is 16.5. The van der Waals surface area contributed by atoms with Gasteiger partial charge in [-0.05, 0) is 37.6 Å². The third kappa shape index (κ3) is 4.62. The van der Waals surface area contributed by atoms with Gasteiger partial charge in [-0.25, -0.2) is 0 Å². The lowest BCUT2D eigenvalue weighted by Gasteiger charge is -2.12. The lowest BCUT2D eigenvalue weighted by atomic mass is 10.1. The van der Waals surface area contributed by atoms with Crippen LogP contribution in [0, 0.1) is 5.92 Å². The fourth-order valence-electron chi connectivity index (χ4n) is 1.23. The highest BCUT2D eigenvalue weighted by Crippen LogP contribution is 2.19. The molecule has 19 heavy (non-hydrogen) atoms. The van der Waals surface area contributed by atoms with Crippen LogP contribution in [0.4, 0.5) is 0 Å². The van der Waals surface area contributed by atoms with Crippen LogP contribution in [-0.2, 0) is 9.59 Å². The summed E-state index contributed by atoms with van der Waals surface area (Å²) in [5.41, 5.74) is 5.09. The van der Waals surface area contributed by atoms with Crippen LogP contribution in [0.25, 0.3) is 0 Å². The molecule has 0 aliphatic carbocycles. The molecule has 1 aromatic rings. The number of primary amides is 1. The van der Waals surface area contributed by atoms with E-state index in [-0.39, 0.29) is 11.9 Å². The maximum absolute atomic E-state index is 11.6. The number of nitrogens with two attached hydrogens (primary N) is 1. The first-order valence-electron chi connectivity index (χ1n) is 6.21. The largest absolute Gasteiger partial charge is 0.481 e. The third-order valence-corrected chi connectivity index (χ3v) is 2.77. The Morgan fingerprint density at radius 3 is 2.16 bits per heavy atom. The van der Waals surface area contributed by atoms with Crippen LogP contribution < -0.4 is 15.2 Å². The molecule has 0 radical (unpaired) electrons. The summed E-state index contributed by atoms with van der Waals surface area (Å²) in [6.45, 7) is 5.31. The Balaban J connectivity index is 2.61. The van der Waals surface area contributed by atoms with E-state index in [0.29, 0.717) is 11.5 Å². The first-order valence-corrected chi connectivity index (χ1v) is 6.21. The minimum atomic E-state index is -0.700. The number of amides is 1. The van der Waals surface area contributed by atoms with Crippen LogP contribution in [0.5, 0.6) is 11.5 Å². The lowest BCUT2D eigenvalue weighted by molar-refractivity contribution is -0.138. The maximum Gasteiger partial charge on any atom is 0.314 e. The van der Waals surface area contributed by atoms with Gasteiger partial charge in [0.05, 0.1) is 5.92 Å². The van der Waals surface area contributed by atoms with Crippen LogP contribution in [-0.4, -0.2) is 18.0 Å². The smallest absolute Gasteiger partial charge is 0.314 e. The number of hydrogen-bond donors (Lipinski definition) is 1. The molecule has 0 aliphatic heterocycles. The Labute approximate surface area is 112 Å². The number of ether oxygens (including phenoxy) is 2. The SMILES string of the molecule is CC[C@@H](C)C(=O)Oc1ccc(O[C@H](C)C(N)=O)cc1. The van der Waals surface area contributed by atoms with Crippen LogP contribution in [0.15, 0.2) is 24.3 Å². The molecule has 0 bridgehead atoms. The van der Waals surface area contributed by atoms with Gasteiger partial charge in [0, 0.05) is 0 Å². The first kappa shape index (κ1) is 15.0. The monoisotopic (exact) mass is 265 g/mol. The molecule has 0 fully saturated rings. The van der Waals surface area contributed by atoms with Gasteiger partial charge in [0.15, 0.2) is 6.10 Å². The number of esters is 1. The zero-order valence-electron chi connectivity index (χ0n) is 11.4. The van der Waals surface area contributed by atoms with E-state index >= 15 is 0 Å². The second-order valence-electron chi connectivity index (χ2n) is 4.36. The predicted octanol–water partition coefficient (Wildman–Crippen LogP) is 1.89. The molecule has 1 rings (SSSR count). The average molecular weight is 265 g/mol. The van der Waals surface area contributed by atoms with Crippen molar-refractivity contribution in [3.05, 3.63) is 24.3 Å². The standard InChI is InChI=1S/C14H19NO4/c1-4-9(2)14(17)19-12-7-5-11(6-8-12)18-10(3)13(15)16/h5-10H,4H2,1-3H3,(H2,15,16)/t9-,10-/m1/s1. The molecule has 104 valence electrons. The molecule has 0 saturated heterocycles. The Morgan fingerprint density at radius 1 is 1.16 bits per heavy atom. The molecule has 0 heterocycles. The van der Waals surface area contributed by atoms with Gasteiger partial charge in [-0.3, -0.25) is 9.59 Å². The summed E-state index contributed by atoms with van der Waals surface area (Å²) < 4.78 is 10.5. The Hall–Kier alpha value is -2.04. The van der Waals surface area contributed by atoms with E-state index in [1.807, 2.05) is 13.8 Å². The summed E-state index contributed by atoms with van der Waals surface area (Å²) in [6, 6.07) is 6.48. The van der Waals surface area contributed by atoms with Crippen molar-refractivity contribution in [3.8, 4) is 11.5 Å². The molecule has 1 aromatic carbocycles. The van der Waals surface area contributed by atoms with Crippen molar-refractivity contribution in [2.24, 2.45) is 11.7 Å². The number of rotatable bonds is 6. The molecule has 0 saturated carbocycles. The number of benzene rings is 1. The van der Waals surface area contributed by atoms with Crippen LogP contribution in [0.2, 0.25) is 0 Å². The minimum Gasteiger partial charge on any atom is -0.481 e. The lowest BCUT2D eigenvalue weighted by Crippen LogP contribution is -2.30. The third-order valence-electron chi connectivity index (χ3n) is 2.77. The maximum atomic E-state index is 11.6. The van der Waals surface area contributed by atoms with Crippen molar-refractivity contribution in [3.63, 3.8) is 0 Å². The van der Waals surface area contributed by atoms with Crippen molar-refractivity contribution >= 4 is 11.9 Å². The molecule has 0 unspecified atom stereocenters. The van der Waals surface area contributed by atoms with Crippen LogP contribution in [0.1, 0.15) is 27.2 Å². The molecule has 0 aromatic heterocycles. The number of hydrogen-bond acceptors (Lipinski definition) is 4. The molecule has 1 amide bonds. The van der Waals surface area contributed by atoms with Crippen molar-refractivity contribution in [1.82, 2.24) is 0 Å². The molecule has 5 nitrogen and oxygen atoms in total. The van der Waals surface area contributed by atoms with Gasteiger partial charge in [-0.1, -0.05) is 13.8 Å². The topological polar surface area (TPSA) is 78.6 Å². The molecule has 2 atom stereocenters. The summed E-state index contributed by atoms with van der Waals surface area (Å²) in [5, 5.41) is 0. The Bertz CT molecular complexity index is 441. The van der Waals surface area contributed by atoms with E-state index in [9.17, 15) is 9.59 Å². The van der Waals surface area contributed by atoms with E-state index in [2.05, 4.69) is 0 Å². The predicted molar refractivity (Wildman–Crippen MR) is 70.8 cm³/mol. The molecular formula is C14H19NO4. The Kier molecular flexibility index (Phi) is 5.36. The molecule has 0 spiro atoms. The van der Waals surface area contributed by atoms with Crippen molar-refractivity contribution in [1.29, 1.82) is 0 Å². The second-order valence-corrected chi connectivity index (χ2v) is 4.36. The van der Waals surface area contributed by atoms with E-state index in [1.165, 1.54) is 0 Å². The highest BCUT2D eigenvalue weighted by molar-refractivity contribution is 5.78. The van der Waals surface area contributed by atoms with E-state index in [0.717, 1.165) is 6.42 Å². The molecule has 0 aliphatic rings. The van der Waals surface area contributed by atoms with Gasteiger partial charge < -0.3 is 15.2 Å². The summed E-state index contributed by atoms with van der Waals surface area (Å²) in [6.07, 6.45) is 0.0318. The highest BCUT2D eigenvalue weighted by Gasteiger charge is 2.13. The summed E-state index contributed by atoms with van der Waals surface area (Å²) in [7, 11) is 0. The van der Waals surface area contributed by atoms with E-state index in [4.69, 9.17) is 15.2 Å². The number of carbonyl (C=O) groups excluding carboxylic acids is 2. The Morgan fingerprint density at radius 2 is 1.68 bits per heavy atom. The first-order chi connectivity index (χ1) is 8.93. The molecule has 5 heteroatoms. The quantitative estimate of drug-likeness (QED) is 0.629. The van der Waals surface area contributed by atoms with E-state index < -0.39 is 12.0 Å². The normalized spacial score (nSPS) is 13.4. The fourth-order valence-corrected chi connectivity index (χ4v) is 1.23. The molecule has 2 N–H and O–H groups in total. The zero-order chi connectivity index (χ0) is 14.4. The summed E-state index contributed by atoms with van der Waals surface area (Å²) >= 11 is 0. The fraction of sp³-hybridized carbons (Fsp3) is 0.429. The van der Waals surface area contributed by atoms with Gasteiger partial charge in [0.25, 0.3) is 5.91 Å². The van der Waals surface area contributed by atoms with Gasteiger partial charge in [-0.15, -0.1) is 0 Å². The van der Waals surface area contributed by atoms with Gasteiger partial charge >= 0.3 is 5.97 Å². The number of carbonyl (C=O) groups is 2. The van der Waals surface area contributed by atoms with Crippen molar-refractivity contribution in [2.45, 2.75) is 33.3 Å². The van der Waals surface area contributed by atoms with Gasteiger partial charge in [-0.2, -0.15) is 0 Å². The van der Waals surface area contributed by atoms with Gasteiger partial charge in [0.2, 0.25) is 0 Å². The second kappa shape index (κ2) is 6.78. The van der Waals surface area contributed by atoms with Crippen molar-refractivity contribution < 1.29 is 19.1 Å². The van der Waals surface area contributed by atoms with Gasteiger partial charge in [0.1, 0.15) is 11.5 Å². The van der Waals surface area contributed by atoms with Crippen molar-refractivity contribution in [2.75, 3.05) is 0 Å². The summed E-state index contributed by atoms with van der Waals surface area (Å²) in [5.74, 6) is 0.0128. The summed E-state index contributed by atoms with van der Waals surface area (Å²) in [4.78, 5) is 22.4. The minimum absolute atomic E-state index is 0.134. The average Bonchev–Trinajstić information content (AvgIpc) is 2.39. The van der Waals surface area contributed by atoms with E-state index in [1.54, 1.807) is 31.2 Å². The van der Waals surface area contributed by atoms with Crippen LogP contribution >= 0.6 is 0 Å². The molecular weight excluding hydrogens is 246 g/mol. The van der Waals surface area contributed by atoms with Crippen LogP contribution in [0.3, 0.4) is 0 Å². The zero-order valence-corrected chi connectivity index (χ0v) is 11.4.